The van der Waals surface area contributed by atoms with Gasteiger partial charge in [0.2, 0.25) is 0 Å². The van der Waals surface area contributed by atoms with E-state index in [4.69, 9.17) is 9.47 Å². The van der Waals surface area contributed by atoms with E-state index in [-0.39, 0.29) is 12.5 Å². The minimum Gasteiger partial charge on any atom is -0.484 e. The van der Waals surface area contributed by atoms with E-state index >= 15 is 0 Å². The van der Waals surface area contributed by atoms with Crippen molar-refractivity contribution in [1.82, 2.24) is 5.32 Å². The van der Waals surface area contributed by atoms with Crippen molar-refractivity contribution in [1.29, 1.82) is 0 Å². The van der Waals surface area contributed by atoms with Crippen LogP contribution < -0.4 is 10.1 Å². The van der Waals surface area contributed by atoms with Crippen LogP contribution in [0.4, 0.5) is 0 Å². The Balaban J connectivity index is 1.78. The average molecular weight is 299 g/mol. The number of rotatable bonds is 8. The van der Waals surface area contributed by atoms with Crippen LogP contribution in [0.2, 0.25) is 0 Å². The van der Waals surface area contributed by atoms with Crippen LogP contribution in [0.15, 0.2) is 54.6 Å². The molecule has 0 saturated heterocycles. The Morgan fingerprint density at radius 3 is 2.36 bits per heavy atom. The van der Waals surface area contributed by atoms with Gasteiger partial charge in [0, 0.05) is 20.3 Å². The molecule has 0 aliphatic heterocycles. The second-order valence-electron chi connectivity index (χ2n) is 4.88. The quantitative estimate of drug-likeness (QED) is 0.762. The second-order valence-corrected chi connectivity index (χ2v) is 4.88. The number of ether oxygens (including phenoxy) is 2. The minimum absolute atomic E-state index is 0.0255. The number of carbonyl (C=O) groups excluding carboxylic acids is 1. The van der Waals surface area contributed by atoms with Crippen molar-refractivity contribution >= 4 is 5.91 Å². The molecule has 4 nitrogen and oxygen atoms in total. The summed E-state index contributed by atoms with van der Waals surface area (Å²) in [6, 6.07) is 17.9. The molecule has 0 aliphatic carbocycles. The second kappa shape index (κ2) is 8.85. The molecule has 2 aromatic carbocycles. The third-order valence-electron chi connectivity index (χ3n) is 3.18. The van der Waals surface area contributed by atoms with E-state index in [0.717, 1.165) is 17.5 Å². The van der Waals surface area contributed by atoms with Crippen LogP contribution in [0.1, 0.15) is 6.42 Å². The van der Waals surface area contributed by atoms with E-state index < -0.39 is 0 Å². The molecular formula is C18H21NO3. The van der Waals surface area contributed by atoms with E-state index in [1.165, 1.54) is 0 Å². The molecule has 0 bridgehead atoms. The smallest absolute Gasteiger partial charge is 0.257 e. The molecule has 0 aliphatic rings. The minimum atomic E-state index is -0.122. The largest absolute Gasteiger partial charge is 0.484 e. The SMILES string of the molecule is COCCCNC(=O)COc1ccc(-c2ccccc2)cc1. The van der Waals surface area contributed by atoms with Crippen LogP contribution in [0, 0.1) is 0 Å². The Morgan fingerprint density at radius 1 is 1.00 bits per heavy atom. The summed E-state index contributed by atoms with van der Waals surface area (Å²) in [4.78, 5) is 11.6. The molecule has 0 atom stereocenters. The molecule has 0 saturated carbocycles. The fraction of sp³-hybridized carbons (Fsp3) is 0.278. The third kappa shape index (κ3) is 5.22. The van der Waals surface area contributed by atoms with Crippen molar-refractivity contribution in [2.75, 3.05) is 26.9 Å². The molecule has 116 valence electrons. The lowest BCUT2D eigenvalue weighted by Crippen LogP contribution is -2.30. The van der Waals surface area contributed by atoms with E-state index in [1.807, 2.05) is 42.5 Å². The standard InChI is InChI=1S/C18H21NO3/c1-21-13-5-12-19-18(20)14-22-17-10-8-16(9-11-17)15-6-3-2-4-7-15/h2-4,6-11H,5,12-14H2,1H3,(H,19,20). The number of benzene rings is 2. The fourth-order valence-electron chi connectivity index (χ4n) is 2.02. The zero-order valence-corrected chi connectivity index (χ0v) is 12.7. The summed E-state index contributed by atoms with van der Waals surface area (Å²) in [6.07, 6.45) is 0.800. The molecule has 4 heteroatoms. The molecule has 0 fully saturated rings. The molecule has 0 radical (unpaired) electrons. The van der Waals surface area contributed by atoms with E-state index in [0.29, 0.717) is 18.9 Å². The summed E-state index contributed by atoms with van der Waals surface area (Å²) in [5.74, 6) is 0.565. The van der Waals surface area contributed by atoms with Crippen molar-refractivity contribution in [2.45, 2.75) is 6.42 Å². The molecule has 0 heterocycles. The Morgan fingerprint density at radius 2 is 1.68 bits per heavy atom. The predicted molar refractivity (Wildman–Crippen MR) is 86.9 cm³/mol. The molecule has 1 amide bonds. The molecule has 0 aromatic heterocycles. The van der Waals surface area contributed by atoms with Crippen LogP contribution >= 0.6 is 0 Å². The van der Waals surface area contributed by atoms with Crippen molar-refractivity contribution < 1.29 is 14.3 Å². The number of hydrogen-bond acceptors (Lipinski definition) is 3. The first-order valence-electron chi connectivity index (χ1n) is 7.33. The van der Waals surface area contributed by atoms with Crippen molar-refractivity contribution in [3.8, 4) is 16.9 Å². The monoisotopic (exact) mass is 299 g/mol. The van der Waals surface area contributed by atoms with Gasteiger partial charge < -0.3 is 14.8 Å². The third-order valence-corrected chi connectivity index (χ3v) is 3.18. The maximum absolute atomic E-state index is 11.6. The van der Waals surface area contributed by atoms with Gasteiger partial charge >= 0.3 is 0 Å². The van der Waals surface area contributed by atoms with Gasteiger partial charge in [0.1, 0.15) is 5.75 Å². The number of carbonyl (C=O) groups is 1. The summed E-state index contributed by atoms with van der Waals surface area (Å²) in [5, 5.41) is 2.78. The summed E-state index contributed by atoms with van der Waals surface area (Å²) >= 11 is 0. The van der Waals surface area contributed by atoms with Crippen molar-refractivity contribution in [3.63, 3.8) is 0 Å². The van der Waals surface area contributed by atoms with Crippen molar-refractivity contribution in [2.24, 2.45) is 0 Å². The number of amides is 1. The van der Waals surface area contributed by atoms with Crippen LogP contribution in [-0.2, 0) is 9.53 Å². The zero-order chi connectivity index (χ0) is 15.6. The van der Waals surface area contributed by atoms with Gasteiger partial charge in [-0.15, -0.1) is 0 Å². The lowest BCUT2D eigenvalue weighted by Gasteiger charge is -2.08. The molecular weight excluding hydrogens is 278 g/mol. The Hall–Kier alpha value is -2.33. The van der Waals surface area contributed by atoms with Gasteiger partial charge in [-0.1, -0.05) is 42.5 Å². The Bertz CT molecular complexity index is 567. The fourth-order valence-corrected chi connectivity index (χ4v) is 2.02. The number of hydrogen-bond donors (Lipinski definition) is 1. The molecule has 0 unspecified atom stereocenters. The summed E-state index contributed by atoms with van der Waals surface area (Å²) < 4.78 is 10.4. The first-order chi connectivity index (χ1) is 10.8. The van der Waals surface area contributed by atoms with Crippen LogP contribution in [0.3, 0.4) is 0 Å². The lowest BCUT2D eigenvalue weighted by molar-refractivity contribution is -0.123. The maximum Gasteiger partial charge on any atom is 0.257 e. The van der Waals surface area contributed by atoms with Gasteiger partial charge in [-0.3, -0.25) is 4.79 Å². The van der Waals surface area contributed by atoms with E-state index in [9.17, 15) is 4.79 Å². The van der Waals surface area contributed by atoms with Crippen LogP contribution in [0.5, 0.6) is 5.75 Å². The first-order valence-corrected chi connectivity index (χ1v) is 7.33. The highest BCUT2D eigenvalue weighted by atomic mass is 16.5. The van der Waals surface area contributed by atoms with Crippen LogP contribution in [-0.4, -0.2) is 32.8 Å². The predicted octanol–water partition coefficient (Wildman–Crippen LogP) is 2.89. The number of methoxy groups -OCH3 is 1. The van der Waals surface area contributed by atoms with Gasteiger partial charge in [0.25, 0.3) is 5.91 Å². The van der Waals surface area contributed by atoms with Gasteiger partial charge in [-0.05, 0) is 29.7 Å². The van der Waals surface area contributed by atoms with E-state index in [1.54, 1.807) is 7.11 Å². The normalized spacial score (nSPS) is 10.2. The topological polar surface area (TPSA) is 47.6 Å². The molecule has 2 rings (SSSR count). The van der Waals surface area contributed by atoms with Gasteiger partial charge in [-0.25, -0.2) is 0 Å². The molecule has 2 aromatic rings. The summed E-state index contributed by atoms with van der Waals surface area (Å²) in [6.45, 7) is 1.27. The summed E-state index contributed by atoms with van der Waals surface area (Å²) in [5.41, 5.74) is 2.28. The van der Waals surface area contributed by atoms with Crippen LogP contribution in [0.25, 0.3) is 11.1 Å². The Kier molecular flexibility index (Phi) is 6.45. The highest BCUT2D eigenvalue weighted by Gasteiger charge is 2.03. The first kappa shape index (κ1) is 16.0. The Labute approximate surface area is 131 Å². The van der Waals surface area contributed by atoms with Gasteiger partial charge in [0.05, 0.1) is 0 Å². The molecule has 0 spiro atoms. The van der Waals surface area contributed by atoms with Crippen molar-refractivity contribution in [3.05, 3.63) is 54.6 Å². The van der Waals surface area contributed by atoms with E-state index in [2.05, 4.69) is 17.4 Å². The average Bonchev–Trinajstić information content (AvgIpc) is 2.58. The molecule has 1 N–H and O–H groups in total. The summed E-state index contributed by atoms with van der Waals surface area (Å²) in [7, 11) is 1.64. The maximum atomic E-state index is 11.6. The highest BCUT2D eigenvalue weighted by molar-refractivity contribution is 5.77. The zero-order valence-electron chi connectivity index (χ0n) is 12.7. The number of nitrogens with one attached hydrogen (secondary N) is 1. The van der Waals surface area contributed by atoms with Gasteiger partial charge in [0.15, 0.2) is 6.61 Å². The lowest BCUT2D eigenvalue weighted by atomic mass is 10.1. The van der Waals surface area contributed by atoms with Gasteiger partial charge in [-0.2, -0.15) is 0 Å². The highest BCUT2D eigenvalue weighted by Crippen LogP contribution is 2.21. The molecule has 22 heavy (non-hydrogen) atoms.